The number of anilines is 1. The van der Waals surface area contributed by atoms with Crippen LogP contribution < -0.4 is 10.1 Å². The van der Waals surface area contributed by atoms with Crippen LogP contribution >= 0.6 is 11.6 Å². The smallest absolute Gasteiger partial charge is 0.278 e. The number of ether oxygens (including phenoxy) is 1. The summed E-state index contributed by atoms with van der Waals surface area (Å²) in [4.78, 5) is 23.0. The highest BCUT2D eigenvalue weighted by atomic mass is 35.5. The molecule has 0 fully saturated rings. The van der Waals surface area contributed by atoms with E-state index in [9.17, 15) is 14.9 Å². The predicted molar refractivity (Wildman–Crippen MR) is 108 cm³/mol. The Morgan fingerprint density at radius 2 is 1.97 bits per heavy atom. The second-order valence-corrected chi connectivity index (χ2v) is 6.88. The number of carbonyl (C=O) groups is 1. The fourth-order valence-corrected chi connectivity index (χ4v) is 2.77. The molecular weight excluding hydrogens is 398 g/mol. The van der Waals surface area contributed by atoms with Gasteiger partial charge in [-0.2, -0.15) is 0 Å². The molecule has 0 spiro atoms. The number of halogens is 1. The number of amides is 1. The van der Waals surface area contributed by atoms with Gasteiger partial charge in [0.25, 0.3) is 11.6 Å². The summed E-state index contributed by atoms with van der Waals surface area (Å²) in [5.41, 5.74) is 2.64. The van der Waals surface area contributed by atoms with Gasteiger partial charge in [-0.3, -0.25) is 14.9 Å². The maximum absolute atomic E-state index is 12.7. The Morgan fingerprint density at radius 3 is 2.66 bits per heavy atom. The highest BCUT2D eigenvalue weighted by Gasteiger charge is 2.22. The molecule has 29 heavy (non-hydrogen) atoms. The fraction of sp³-hybridized carbons (Fsp3) is 0.200. The lowest BCUT2D eigenvalue weighted by Crippen LogP contribution is -2.16. The van der Waals surface area contributed by atoms with Crippen LogP contribution in [0, 0.1) is 30.9 Å². The van der Waals surface area contributed by atoms with Gasteiger partial charge in [0.2, 0.25) is 0 Å². The standard InChI is InChI=1S/C20H18ClN3O5/c1-11-4-6-15(8-12(11)2)28-10-16-13(3)29-23-19(16)20(25)22-18-9-14(24(26)27)5-7-17(18)21/h4-9H,10H2,1-3H3,(H,22,25). The van der Waals surface area contributed by atoms with Crippen molar-refractivity contribution in [2.45, 2.75) is 27.4 Å². The van der Waals surface area contributed by atoms with E-state index < -0.39 is 10.8 Å². The first-order valence-corrected chi connectivity index (χ1v) is 9.04. The molecule has 1 aromatic heterocycles. The van der Waals surface area contributed by atoms with Gasteiger partial charge in [0.05, 0.1) is 21.2 Å². The summed E-state index contributed by atoms with van der Waals surface area (Å²) >= 11 is 6.04. The summed E-state index contributed by atoms with van der Waals surface area (Å²) in [6.45, 7) is 5.73. The summed E-state index contributed by atoms with van der Waals surface area (Å²) in [6.07, 6.45) is 0. The monoisotopic (exact) mass is 415 g/mol. The molecule has 0 saturated heterocycles. The molecule has 2 aromatic carbocycles. The van der Waals surface area contributed by atoms with E-state index in [-0.39, 0.29) is 28.7 Å². The van der Waals surface area contributed by atoms with Crippen molar-refractivity contribution < 1.29 is 19.0 Å². The van der Waals surface area contributed by atoms with E-state index in [1.54, 1.807) is 6.92 Å². The zero-order valence-corrected chi connectivity index (χ0v) is 16.7. The average molecular weight is 416 g/mol. The number of hydrogen-bond donors (Lipinski definition) is 1. The molecular formula is C20H18ClN3O5. The number of nitro groups is 1. The Hall–Kier alpha value is -3.39. The Labute approximate surface area is 171 Å². The van der Waals surface area contributed by atoms with Gasteiger partial charge >= 0.3 is 0 Å². The minimum atomic E-state index is -0.608. The van der Waals surface area contributed by atoms with Crippen molar-refractivity contribution in [1.82, 2.24) is 5.16 Å². The zero-order valence-electron chi connectivity index (χ0n) is 16.0. The summed E-state index contributed by atoms with van der Waals surface area (Å²) in [6, 6.07) is 9.46. The normalized spacial score (nSPS) is 10.6. The number of carbonyl (C=O) groups excluding carboxylic acids is 1. The molecule has 1 amide bonds. The molecule has 9 heteroatoms. The summed E-state index contributed by atoms with van der Waals surface area (Å²) in [5.74, 6) is 0.480. The van der Waals surface area contributed by atoms with Crippen molar-refractivity contribution in [2.24, 2.45) is 0 Å². The Kier molecular flexibility index (Phi) is 5.84. The lowest BCUT2D eigenvalue weighted by atomic mass is 10.1. The number of non-ortho nitro benzene ring substituents is 1. The van der Waals surface area contributed by atoms with Gasteiger partial charge in [0, 0.05) is 12.1 Å². The van der Waals surface area contributed by atoms with E-state index >= 15 is 0 Å². The highest BCUT2D eigenvalue weighted by Crippen LogP contribution is 2.28. The van der Waals surface area contributed by atoms with Crippen LogP contribution in [0.25, 0.3) is 0 Å². The number of aromatic nitrogens is 1. The van der Waals surface area contributed by atoms with E-state index in [1.807, 2.05) is 32.0 Å². The van der Waals surface area contributed by atoms with E-state index in [0.29, 0.717) is 17.1 Å². The molecule has 0 aliphatic heterocycles. The minimum absolute atomic E-state index is 0.0221. The Balaban J connectivity index is 1.79. The molecule has 0 aliphatic carbocycles. The number of nitrogens with zero attached hydrogens (tertiary/aromatic N) is 2. The lowest BCUT2D eigenvalue weighted by Gasteiger charge is -2.09. The number of rotatable bonds is 6. The van der Waals surface area contributed by atoms with Gasteiger partial charge in [0.1, 0.15) is 18.1 Å². The van der Waals surface area contributed by atoms with E-state index in [4.69, 9.17) is 20.9 Å². The molecule has 0 atom stereocenters. The first kappa shape index (κ1) is 20.3. The summed E-state index contributed by atoms with van der Waals surface area (Å²) in [7, 11) is 0. The quantitative estimate of drug-likeness (QED) is 0.448. The maximum Gasteiger partial charge on any atom is 0.278 e. The van der Waals surface area contributed by atoms with Crippen LogP contribution in [-0.4, -0.2) is 16.0 Å². The molecule has 0 aliphatic rings. The molecule has 0 radical (unpaired) electrons. The van der Waals surface area contributed by atoms with E-state index in [1.165, 1.54) is 18.2 Å². The molecule has 3 rings (SSSR count). The zero-order chi connectivity index (χ0) is 21.1. The predicted octanol–water partition coefficient (Wildman–Crippen LogP) is 4.99. The topological polar surface area (TPSA) is 108 Å². The SMILES string of the molecule is Cc1ccc(OCc2c(C(=O)Nc3cc([N+](=O)[O-])ccc3Cl)noc2C)cc1C. The van der Waals surface area contributed by atoms with Gasteiger partial charge in [-0.15, -0.1) is 0 Å². The third kappa shape index (κ3) is 4.55. The van der Waals surface area contributed by atoms with Gasteiger partial charge in [-0.05, 0) is 50.1 Å². The van der Waals surface area contributed by atoms with Crippen molar-refractivity contribution in [2.75, 3.05) is 5.32 Å². The van der Waals surface area contributed by atoms with Crippen molar-refractivity contribution in [1.29, 1.82) is 0 Å². The number of nitrogens with one attached hydrogen (secondary N) is 1. The second-order valence-electron chi connectivity index (χ2n) is 6.48. The van der Waals surface area contributed by atoms with Crippen LogP contribution in [0.2, 0.25) is 5.02 Å². The molecule has 8 nitrogen and oxygen atoms in total. The van der Waals surface area contributed by atoms with Gasteiger partial charge in [-0.25, -0.2) is 0 Å². The van der Waals surface area contributed by atoms with Crippen molar-refractivity contribution >= 4 is 28.9 Å². The number of hydrogen-bond acceptors (Lipinski definition) is 6. The molecule has 3 aromatic rings. The highest BCUT2D eigenvalue weighted by molar-refractivity contribution is 6.34. The summed E-state index contributed by atoms with van der Waals surface area (Å²) in [5, 5.41) is 17.4. The van der Waals surface area contributed by atoms with E-state index in [2.05, 4.69) is 10.5 Å². The molecule has 0 saturated carbocycles. The van der Waals surface area contributed by atoms with Crippen LogP contribution in [0.3, 0.4) is 0 Å². The van der Waals surface area contributed by atoms with Gasteiger partial charge in [-0.1, -0.05) is 22.8 Å². The third-order valence-corrected chi connectivity index (χ3v) is 4.80. The van der Waals surface area contributed by atoms with E-state index in [0.717, 1.165) is 11.1 Å². The Bertz CT molecular complexity index is 1090. The summed E-state index contributed by atoms with van der Waals surface area (Å²) < 4.78 is 10.9. The van der Waals surface area contributed by atoms with Crippen LogP contribution in [0.4, 0.5) is 11.4 Å². The van der Waals surface area contributed by atoms with Crippen LogP contribution in [0.5, 0.6) is 5.75 Å². The first-order valence-electron chi connectivity index (χ1n) is 8.66. The molecule has 0 bridgehead atoms. The fourth-order valence-electron chi connectivity index (χ4n) is 2.60. The number of nitro benzene ring substituents is 1. The van der Waals surface area contributed by atoms with Crippen molar-refractivity contribution in [3.8, 4) is 5.75 Å². The van der Waals surface area contributed by atoms with Crippen LogP contribution in [-0.2, 0) is 6.61 Å². The maximum atomic E-state index is 12.7. The molecule has 1 heterocycles. The van der Waals surface area contributed by atoms with Crippen molar-refractivity contribution in [3.05, 3.63) is 79.7 Å². The number of benzene rings is 2. The Morgan fingerprint density at radius 1 is 1.21 bits per heavy atom. The minimum Gasteiger partial charge on any atom is -0.489 e. The number of aryl methyl sites for hydroxylation is 3. The van der Waals surface area contributed by atoms with Crippen molar-refractivity contribution in [3.63, 3.8) is 0 Å². The largest absolute Gasteiger partial charge is 0.489 e. The third-order valence-electron chi connectivity index (χ3n) is 4.47. The lowest BCUT2D eigenvalue weighted by molar-refractivity contribution is -0.384. The van der Waals surface area contributed by atoms with Gasteiger partial charge in [0.15, 0.2) is 5.69 Å². The second kappa shape index (κ2) is 8.32. The first-order chi connectivity index (χ1) is 13.8. The van der Waals surface area contributed by atoms with Gasteiger partial charge < -0.3 is 14.6 Å². The molecule has 1 N–H and O–H groups in total. The molecule has 0 unspecified atom stereocenters. The average Bonchev–Trinajstić information content (AvgIpc) is 3.05. The van der Waals surface area contributed by atoms with Crippen LogP contribution in [0.15, 0.2) is 40.9 Å². The van der Waals surface area contributed by atoms with Crippen LogP contribution in [0.1, 0.15) is 32.9 Å². The molecule has 150 valence electrons.